The highest BCUT2D eigenvalue weighted by Gasteiger charge is 2.22. The molecular weight excluding hydrogens is 226 g/mol. The zero-order valence-electron chi connectivity index (χ0n) is 11.1. The van der Waals surface area contributed by atoms with Crippen molar-refractivity contribution in [2.75, 3.05) is 11.4 Å². The standard InChI is InChI=1S/C13H21N5/c1-9(2)18(7-6-12(14)15)13-10-4-3-5-11(10)16-8-17-13/h8-9H,3-7H2,1-2H3,(H3,14,15). The summed E-state index contributed by atoms with van der Waals surface area (Å²) in [4.78, 5) is 11.0. The smallest absolute Gasteiger partial charge is 0.135 e. The fourth-order valence-electron chi connectivity index (χ4n) is 2.44. The van der Waals surface area contributed by atoms with Crippen LogP contribution in [0.5, 0.6) is 0 Å². The molecule has 0 aliphatic heterocycles. The normalized spacial score (nSPS) is 13.7. The number of fused-ring (bicyclic) bond motifs is 1. The lowest BCUT2D eigenvalue weighted by Gasteiger charge is -2.29. The number of amidine groups is 1. The highest BCUT2D eigenvalue weighted by atomic mass is 15.2. The van der Waals surface area contributed by atoms with Gasteiger partial charge in [-0.3, -0.25) is 5.41 Å². The second-order valence-corrected chi connectivity index (χ2v) is 5.04. The van der Waals surface area contributed by atoms with Crippen molar-refractivity contribution in [1.82, 2.24) is 9.97 Å². The molecule has 5 nitrogen and oxygen atoms in total. The summed E-state index contributed by atoms with van der Waals surface area (Å²) >= 11 is 0. The van der Waals surface area contributed by atoms with E-state index in [1.54, 1.807) is 6.33 Å². The maximum atomic E-state index is 7.36. The van der Waals surface area contributed by atoms with Gasteiger partial charge in [-0.25, -0.2) is 9.97 Å². The van der Waals surface area contributed by atoms with Gasteiger partial charge in [0.15, 0.2) is 0 Å². The monoisotopic (exact) mass is 247 g/mol. The average molecular weight is 247 g/mol. The molecule has 0 saturated carbocycles. The van der Waals surface area contributed by atoms with Crippen molar-refractivity contribution in [2.45, 2.75) is 45.6 Å². The number of hydrogen-bond donors (Lipinski definition) is 2. The van der Waals surface area contributed by atoms with Crippen molar-refractivity contribution in [3.63, 3.8) is 0 Å². The van der Waals surface area contributed by atoms with Crippen LogP contribution in [0.4, 0.5) is 5.82 Å². The van der Waals surface area contributed by atoms with Gasteiger partial charge in [-0.2, -0.15) is 0 Å². The van der Waals surface area contributed by atoms with Gasteiger partial charge in [0, 0.05) is 30.3 Å². The second kappa shape index (κ2) is 5.33. The molecule has 0 spiro atoms. The van der Waals surface area contributed by atoms with Crippen molar-refractivity contribution in [3.05, 3.63) is 17.6 Å². The van der Waals surface area contributed by atoms with E-state index in [0.29, 0.717) is 12.5 Å². The number of aryl methyl sites for hydroxylation is 1. The van der Waals surface area contributed by atoms with Crippen LogP contribution in [0.2, 0.25) is 0 Å². The average Bonchev–Trinajstić information content (AvgIpc) is 2.77. The lowest BCUT2D eigenvalue weighted by atomic mass is 10.2. The third kappa shape index (κ3) is 2.60. The highest BCUT2D eigenvalue weighted by molar-refractivity contribution is 5.77. The second-order valence-electron chi connectivity index (χ2n) is 5.04. The van der Waals surface area contributed by atoms with Gasteiger partial charge in [0.1, 0.15) is 12.1 Å². The molecule has 0 aromatic carbocycles. The lowest BCUT2D eigenvalue weighted by molar-refractivity contribution is 0.673. The van der Waals surface area contributed by atoms with E-state index in [-0.39, 0.29) is 5.84 Å². The molecule has 0 fully saturated rings. The Morgan fingerprint density at radius 3 is 2.89 bits per heavy atom. The summed E-state index contributed by atoms with van der Waals surface area (Å²) in [5.74, 6) is 1.26. The lowest BCUT2D eigenvalue weighted by Crippen LogP contribution is -2.35. The van der Waals surface area contributed by atoms with Crippen LogP contribution in [0.25, 0.3) is 0 Å². The number of nitrogens with one attached hydrogen (secondary N) is 1. The molecule has 2 rings (SSSR count). The summed E-state index contributed by atoms with van der Waals surface area (Å²) in [6.07, 6.45) is 5.53. The maximum Gasteiger partial charge on any atom is 0.135 e. The molecule has 3 N–H and O–H groups in total. The Bertz CT molecular complexity index is 441. The van der Waals surface area contributed by atoms with Gasteiger partial charge >= 0.3 is 0 Å². The van der Waals surface area contributed by atoms with Gasteiger partial charge in [0.05, 0.1) is 5.84 Å². The zero-order chi connectivity index (χ0) is 13.1. The van der Waals surface area contributed by atoms with E-state index in [9.17, 15) is 0 Å². The summed E-state index contributed by atoms with van der Waals surface area (Å²) in [5.41, 5.74) is 7.93. The van der Waals surface area contributed by atoms with Gasteiger partial charge < -0.3 is 10.6 Å². The van der Waals surface area contributed by atoms with E-state index in [1.165, 1.54) is 17.7 Å². The Morgan fingerprint density at radius 2 is 2.22 bits per heavy atom. The topological polar surface area (TPSA) is 78.9 Å². The first kappa shape index (κ1) is 12.8. The minimum atomic E-state index is 0.228. The summed E-state index contributed by atoms with van der Waals surface area (Å²) in [6.45, 7) is 5.03. The molecule has 0 amide bonds. The van der Waals surface area contributed by atoms with Gasteiger partial charge in [-0.05, 0) is 33.1 Å². The van der Waals surface area contributed by atoms with Crippen molar-refractivity contribution in [2.24, 2.45) is 5.73 Å². The first-order chi connectivity index (χ1) is 8.59. The van der Waals surface area contributed by atoms with E-state index < -0.39 is 0 Å². The number of nitrogens with two attached hydrogens (primary N) is 1. The Labute approximate surface area is 108 Å². The van der Waals surface area contributed by atoms with E-state index in [4.69, 9.17) is 11.1 Å². The van der Waals surface area contributed by atoms with Crippen LogP contribution in [-0.4, -0.2) is 28.4 Å². The van der Waals surface area contributed by atoms with E-state index in [2.05, 4.69) is 28.7 Å². The molecule has 0 atom stereocenters. The molecule has 1 aliphatic carbocycles. The van der Waals surface area contributed by atoms with Crippen LogP contribution in [0.3, 0.4) is 0 Å². The van der Waals surface area contributed by atoms with Crippen molar-refractivity contribution < 1.29 is 0 Å². The fraction of sp³-hybridized carbons (Fsp3) is 0.615. The zero-order valence-corrected chi connectivity index (χ0v) is 11.1. The molecule has 5 heteroatoms. The molecule has 0 saturated heterocycles. The molecule has 18 heavy (non-hydrogen) atoms. The van der Waals surface area contributed by atoms with Crippen LogP contribution in [-0.2, 0) is 12.8 Å². The summed E-state index contributed by atoms with van der Waals surface area (Å²) in [6, 6.07) is 0.351. The number of nitrogens with zero attached hydrogens (tertiary/aromatic N) is 3. The number of aromatic nitrogens is 2. The largest absolute Gasteiger partial charge is 0.388 e. The van der Waals surface area contributed by atoms with Crippen molar-refractivity contribution in [3.8, 4) is 0 Å². The molecule has 0 radical (unpaired) electrons. The summed E-state index contributed by atoms with van der Waals surface area (Å²) < 4.78 is 0. The van der Waals surface area contributed by atoms with Crippen molar-refractivity contribution in [1.29, 1.82) is 5.41 Å². The van der Waals surface area contributed by atoms with Gasteiger partial charge in [0.25, 0.3) is 0 Å². The summed E-state index contributed by atoms with van der Waals surface area (Å²) in [7, 11) is 0. The van der Waals surface area contributed by atoms with E-state index in [1.807, 2.05) is 0 Å². The molecule has 0 bridgehead atoms. The molecule has 1 aromatic rings. The van der Waals surface area contributed by atoms with Gasteiger partial charge in [-0.15, -0.1) is 0 Å². The Hall–Kier alpha value is -1.65. The predicted octanol–water partition coefficient (Wildman–Crippen LogP) is 1.51. The third-order valence-electron chi connectivity index (χ3n) is 3.37. The number of rotatable bonds is 5. The summed E-state index contributed by atoms with van der Waals surface area (Å²) in [5, 5.41) is 7.36. The molecule has 1 aromatic heterocycles. The molecule has 98 valence electrons. The molecular formula is C13H21N5. The molecule has 1 aliphatic rings. The number of anilines is 1. The van der Waals surface area contributed by atoms with E-state index in [0.717, 1.165) is 25.2 Å². The first-order valence-corrected chi connectivity index (χ1v) is 6.52. The Morgan fingerprint density at radius 1 is 1.44 bits per heavy atom. The molecule has 1 heterocycles. The maximum absolute atomic E-state index is 7.36. The fourth-order valence-corrected chi connectivity index (χ4v) is 2.44. The quantitative estimate of drug-likeness (QED) is 0.610. The van der Waals surface area contributed by atoms with Crippen LogP contribution < -0.4 is 10.6 Å². The number of hydrogen-bond acceptors (Lipinski definition) is 4. The third-order valence-corrected chi connectivity index (χ3v) is 3.37. The Kier molecular flexibility index (Phi) is 3.79. The predicted molar refractivity (Wildman–Crippen MR) is 73.1 cm³/mol. The minimum absolute atomic E-state index is 0.228. The SMILES string of the molecule is CC(C)N(CCC(=N)N)c1ncnc2c1CCC2. The van der Waals surface area contributed by atoms with Crippen LogP contribution in [0.1, 0.15) is 37.9 Å². The van der Waals surface area contributed by atoms with E-state index >= 15 is 0 Å². The van der Waals surface area contributed by atoms with Gasteiger partial charge in [-0.1, -0.05) is 0 Å². The highest BCUT2D eigenvalue weighted by Crippen LogP contribution is 2.28. The van der Waals surface area contributed by atoms with Gasteiger partial charge in [0.2, 0.25) is 0 Å². The molecule has 0 unspecified atom stereocenters. The van der Waals surface area contributed by atoms with Crippen LogP contribution in [0, 0.1) is 5.41 Å². The van der Waals surface area contributed by atoms with Crippen LogP contribution >= 0.6 is 0 Å². The van der Waals surface area contributed by atoms with Crippen LogP contribution in [0.15, 0.2) is 6.33 Å². The van der Waals surface area contributed by atoms with Crippen molar-refractivity contribution >= 4 is 11.7 Å². The minimum Gasteiger partial charge on any atom is -0.388 e. The first-order valence-electron chi connectivity index (χ1n) is 6.52. The Balaban J connectivity index is 2.25.